The molecule has 1 aromatic carbocycles. The number of carboxylic acids is 5. The van der Waals surface area contributed by atoms with Crippen LogP contribution in [0.3, 0.4) is 0 Å². The molecule has 0 fully saturated rings. The summed E-state index contributed by atoms with van der Waals surface area (Å²) in [7, 11) is 3.66. The number of ketones is 1. The highest BCUT2D eigenvalue weighted by Crippen LogP contribution is 2.17. The van der Waals surface area contributed by atoms with Crippen LogP contribution in [-0.4, -0.2) is 269 Å². The van der Waals surface area contributed by atoms with E-state index >= 15 is 0 Å². The van der Waals surface area contributed by atoms with Gasteiger partial charge in [0, 0.05) is 65.0 Å². The summed E-state index contributed by atoms with van der Waals surface area (Å²) in [6.45, 7) is 2.34. The van der Waals surface area contributed by atoms with Gasteiger partial charge in [-0.15, -0.1) is 0 Å². The lowest BCUT2D eigenvalue weighted by atomic mass is 9.91. The van der Waals surface area contributed by atoms with Crippen molar-refractivity contribution in [3.63, 3.8) is 0 Å². The molecule has 0 bridgehead atoms. The first-order chi connectivity index (χ1) is 41.9. The van der Waals surface area contributed by atoms with Crippen LogP contribution in [0, 0.1) is 5.92 Å². The van der Waals surface area contributed by atoms with Crippen LogP contribution in [-0.2, 0) is 97.1 Å². The summed E-state index contributed by atoms with van der Waals surface area (Å²) in [5.41, 5.74) is 0.686. The van der Waals surface area contributed by atoms with E-state index in [0.717, 1.165) is 23.9 Å². The van der Waals surface area contributed by atoms with Crippen LogP contribution in [0.25, 0.3) is 0 Å². The number of amides is 7. The van der Waals surface area contributed by atoms with Crippen molar-refractivity contribution in [1.82, 2.24) is 41.7 Å². The van der Waals surface area contributed by atoms with Crippen molar-refractivity contribution in [3.8, 4) is 0 Å². The molecule has 0 aromatic heterocycles. The summed E-state index contributed by atoms with van der Waals surface area (Å²) in [5, 5.41) is 61.9. The van der Waals surface area contributed by atoms with Gasteiger partial charge < -0.3 is 100 Å². The third-order valence-corrected chi connectivity index (χ3v) is 13.1. The Balaban J connectivity index is 2.37. The molecule has 0 aliphatic carbocycles. The van der Waals surface area contributed by atoms with Gasteiger partial charge in [-0.05, 0) is 31.9 Å². The third kappa shape index (κ3) is 35.3. The molecule has 0 aliphatic rings. The fraction of sp³-hybridized carbons (Fsp3) is 0.648. The van der Waals surface area contributed by atoms with E-state index in [0.29, 0.717) is 12.2 Å². The number of hydrogen-bond acceptors (Lipinski definition) is 22. The molecule has 0 heterocycles. The van der Waals surface area contributed by atoms with Crippen LogP contribution in [0.2, 0.25) is 0 Å². The number of benzene rings is 1. The molecule has 0 aliphatic heterocycles. The van der Waals surface area contributed by atoms with Gasteiger partial charge in [0.2, 0.25) is 29.5 Å². The zero-order valence-corrected chi connectivity index (χ0v) is 50.3. The van der Waals surface area contributed by atoms with Crippen LogP contribution >= 0.6 is 12.6 Å². The number of likely N-dealkylation sites (N-methyl/N-ethyl adjacent to an activating group) is 3. The Labute approximate surface area is 513 Å². The maximum Gasteiger partial charge on any atom is 0.327 e. The largest absolute Gasteiger partial charge is 0.481 e. The number of carbonyl (C=O) groups excluding carboxylic acids is 8. The van der Waals surface area contributed by atoms with Gasteiger partial charge in [0.1, 0.15) is 24.2 Å². The quantitative estimate of drug-likeness (QED) is 0.0139. The maximum atomic E-state index is 13.7. The highest BCUT2D eigenvalue weighted by atomic mass is 32.1. The predicted octanol–water partition coefficient (Wildman–Crippen LogP) is -2.50. The normalized spacial score (nSPS) is 13.4. The van der Waals surface area contributed by atoms with Crippen molar-refractivity contribution in [1.29, 1.82) is 0 Å². The van der Waals surface area contributed by atoms with Crippen molar-refractivity contribution in [2.45, 2.75) is 101 Å². The monoisotopic (exact) mass is 1280 g/mol. The van der Waals surface area contributed by atoms with Crippen LogP contribution in [0.15, 0.2) is 30.3 Å². The van der Waals surface area contributed by atoms with Crippen LogP contribution in [0.5, 0.6) is 0 Å². The van der Waals surface area contributed by atoms with Gasteiger partial charge >= 0.3 is 35.9 Å². The second-order valence-electron chi connectivity index (χ2n) is 19.2. The lowest BCUT2D eigenvalue weighted by Crippen LogP contribution is -2.58. The minimum absolute atomic E-state index is 0.00654. The second kappa shape index (κ2) is 46.5. The van der Waals surface area contributed by atoms with Gasteiger partial charge in [0.25, 0.3) is 6.47 Å². The molecule has 0 radical (unpaired) electrons. The van der Waals surface area contributed by atoms with E-state index in [1.165, 1.54) is 7.05 Å². The van der Waals surface area contributed by atoms with E-state index in [9.17, 15) is 82.8 Å². The number of ether oxygens (including phenoxy) is 7. The number of rotatable bonds is 53. The smallest absolute Gasteiger partial charge is 0.327 e. The fourth-order valence-corrected chi connectivity index (χ4v) is 8.19. The number of nitrogens with one attached hydrogen (secondary N) is 6. The Morgan fingerprint density at radius 2 is 1.07 bits per heavy atom. The van der Waals surface area contributed by atoms with Gasteiger partial charge in [0.15, 0.2) is 12.0 Å². The SMILES string of the molecule is CN[C@@H](CNC(=O)CC[C@H](CC(=O)[C@H](Cc1ccccc1)NC(=O)CCOCCOCCOCCOCCOCCOCCNC(=O)CC[C@H](NC(=O)N[C@@H](CCC(=O)O)OC=O)C(=O)O)C(=O)O)C(=O)N(C)[C@@H](CC(=O)O)C(=O)N(C)[C@@H](CS)C(=O)O. The Bertz CT molecular complexity index is 2360. The molecule has 0 saturated carbocycles. The van der Waals surface area contributed by atoms with Gasteiger partial charge in [-0.3, -0.25) is 47.9 Å². The third-order valence-electron chi connectivity index (χ3n) is 12.7. The summed E-state index contributed by atoms with van der Waals surface area (Å²) in [6, 6.07) is 0.827. The van der Waals surface area contributed by atoms with E-state index in [-0.39, 0.29) is 137 Å². The molecule has 0 spiro atoms. The number of carboxylic acid groups (broad SMARTS) is 5. The average molecular weight is 1280 g/mol. The van der Waals surface area contributed by atoms with Crippen LogP contribution in [0.1, 0.15) is 63.4 Å². The molecule has 1 rings (SSSR count). The van der Waals surface area contributed by atoms with Crippen molar-refractivity contribution in [2.24, 2.45) is 5.92 Å². The molecule has 33 nitrogen and oxygen atoms in total. The topological polar surface area (TPSA) is 466 Å². The average Bonchev–Trinajstić information content (AvgIpc) is 3.20. The number of nitrogens with zero attached hydrogens (tertiary/aromatic N) is 2. The molecule has 11 N–H and O–H groups in total. The molecule has 7 amide bonds. The van der Waals surface area contributed by atoms with Gasteiger partial charge in [-0.25, -0.2) is 14.4 Å². The lowest BCUT2D eigenvalue weighted by Gasteiger charge is -2.34. The summed E-state index contributed by atoms with van der Waals surface area (Å²) in [5.74, 6) is -12.6. The van der Waals surface area contributed by atoms with Crippen LogP contribution < -0.4 is 31.9 Å². The molecule has 0 saturated heterocycles. The van der Waals surface area contributed by atoms with Crippen molar-refractivity contribution >= 4 is 90.3 Å². The summed E-state index contributed by atoms with van der Waals surface area (Å²) >= 11 is 3.95. The number of carbonyl (C=O) groups is 13. The maximum absolute atomic E-state index is 13.7. The molecule has 34 heteroatoms. The van der Waals surface area contributed by atoms with E-state index < -0.39 is 139 Å². The number of Topliss-reactive ketones (excluding diaryl/α,β-unsaturated/α-hetero) is 1. The Morgan fingerprint density at radius 1 is 0.534 bits per heavy atom. The van der Waals surface area contributed by atoms with Crippen molar-refractivity contribution < 1.29 is 121 Å². The second-order valence-corrected chi connectivity index (χ2v) is 19.6. The first-order valence-corrected chi connectivity index (χ1v) is 28.5. The van der Waals surface area contributed by atoms with Gasteiger partial charge in [-0.2, -0.15) is 12.6 Å². The fourth-order valence-electron chi connectivity index (χ4n) is 7.78. The van der Waals surface area contributed by atoms with Gasteiger partial charge in [-0.1, -0.05) is 30.3 Å². The van der Waals surface area contributed by atoms with E-state index in [1.54, 1.807) is 30.3 Å². The lowest BCUT2D eigenvalue weighted by molar-refractivity contribution is -0.154. The predicted molar refractivity (Wildman–Crippen MR) is 307 cm³/mol. The number of aliphatic carboxylic acids is 5. The molecule has 7 atom stereocenters. The highest BCUT2D eigenvalue weighted by molar-refractivity contribution is 7.80. The highest BCUT2D eigenvalue weighted by Gasteiger charge is 2.38. The molecule has 0 unspecified atom stereocenters. The zero-order chi connectivity index (χ0) is 65.8. The summed E-state index contributed by atoms with van der Waals surface area (Å²) in [4.78, 5) is 161. The van der Waals surface area contributed by atoms with Crippen molar-refractivity contribution in [2.75, 3.05) is 119 Å². The molecular formula is C54H84N8O25S. The van der Waals surface area contributed by atoms with E-state index in [1.807, 2.05) is 0 Å². The molecular weight excluding hydrogens is 1190 g/mol. The standard InChI is InChI=1S/C54H84N8O25S/c1-55-39(49(72)61(2)40(31-48(70)71)50(73)62(3)41(33-88)53(78)79)32-57-44(66)11-9-36(51(74)75)30-42(64)38(29-35-7-5-4-6-8-35)58-45(67)15-17-81-19-21-83-23-25-85-27-28-86-26-24-84-22-20-82-18-16-56-43(65)12-10-37(52(76)77)59-54(80)60-46(87-34-63)13-14-47(68)69/h4-8,34,36-41,46,55,88H,9-33H2,1-3H3,(H,56,65)(H,57,66)(H,58,67)(H,68,69)(H,70,71)(H,74,75)(H,76,77)(H,78,79)(H2,59,60,80)/t36-,37+,38+,39+,40+,41+,46-/m1/s1. The first-order valence-electron chi connectivity index (χ1n) is 27.9. The first kappa shape index (κ1) is 78.4. The number of urea groups is 1. The van der Waals surface area contributed by atoms with Gasteiger partial charge in [0.05, 0.1) is 104 Å². The number of hydrogen-bond donors (Lipinski definition) is 12. The Morgan fingerprint density at radius 3 is 1.57 bits per heavy atom. The number of thiol groups is 1. The molecule has 88 heavy (non-hydrogen) atoms. The van der Waals surface area contributed by atoms with E-state index in [2.05, 4.69) is 49.3 Å². The van der Waals surface area contributed by atoms with E-state index in [4.69, 9.17) is 33.5 Å². The Kier molecular flexibility index (Phi) is 41.5. The zero-order valence-electron chi connectivity index (χ0n) is 49.4. The van der Waals surface area contributed by atoms with Crippen LogP contribution in [0.4, 0.5) is 4.79 Å². The Hall–Kier alpha value is -7.60. The van der Waals surface area contributed by atoms with Crippen molar-refractivity contribution in [3.05, 3.63) is 35.9 Å². The minimum Gasteiger partial charge on any atom is -0.481 e. The summed E-state index contributed by atoms with van der Waals surface area (Å²) < 4.78 is 37.3. The summed E-state index contributed by atoms with van der Waals surface area (Å²) in [6.07, 6.45) is -4.69. The molecule has 1 aromatic rings. The molecule has 496 valence electrons. The minimum atomic E-state index is -1.62.